The molecule has 1 aliphatic rings. The highest BCUT2D eigenvalue weighted by atomic mass is 35.5. The summed E-state index contributed by atoms with van der Waals surface area (Å²) < 4.78 is 8.05. The lowest BCUT2D eigenvalue weighted by Gasteiger charge is -2.11. The van der Waals surface area contributed by atoms with Crippen LogP contribution < -0.4 is 5.73 Å². The molecule has 0 fully saturated rings. The molecule has 1 aliphatic heterocycles. The van der Waals surface area contributed by atoms with E-state index in [1.54, 1.807) is 0 Å². The van der Waals surface area contributed by atoms with Crippen LogP contribution in [-0.2, 0) is 0 Å². The van der Waals surface area contributed by atoms with E-state index in [2.05, 4.69) is 23.5 Å². The van der Waals surface area contributed by atoms with Gasteiger partial charge in [0.15, 0.2) is 0 Å². The number of furan rings is 1. The maximum Gasteiger partial charge on any atom is 0.223 e. The molecule has 2 N–H and O–H groups in total. The van der Waals surface area contributed by atoms with E-state index in [-0.39, 0.29) is 0 Å². The smallest absolute Gasteiger partial charge is 0.223 e. The first kappa shape index (κ1) is 20.3. The third-order valence-electron chi connectivity index (χ3n) is 5.09. The minimum atomic E-state index is 0.581. The van der Waals surface area contributed by atoms with Gasteiger partial charge in [0.05, 0.1) is 11.4 Å². The van der Waals surface area contributed by atoms with E-state index in [0.29, 0.717) is 11.6 Å². The van der Waals surface area contributed by atoms with Gasteiger partial charge in [-0.2, -0.15) is 0 Å². The third-order valence-corrected chi connectivity index (χ3v) is 5.34. The van der Waals surface area contributed by atoms with Crippen LogP contribution in [0.15, 0.2) is 87.6 Å². The van der Waals surface area contributed by atoms with Crippen molar-refractivity contribution in [1.82, 2.24) is 4.48 Å². The van der Waals surface area contributed by atoms with E-state index in [1.165, 1.54) is 5.57 Å². The van der Waals surface area contributed by atoms with Crippen LogP contribution in [0.3, 0.4) is 0 Å². The van der Waals surface area contributed by atoms with E-state index in [1.807, 2.05) is 68.8 Å². The number of rotatable bonds is 6. The van der Waals surface area contributed by atoms with Crippen molar-refractivity contribution < 1.29 is 4.42 Å². The average molecular weight is 416 g/mol. The molecule has 0 spiro atoms. The molecule has 3 heterocycles. The minimum Gasteiger partial charge on any atom is -0.457 e. The fourth-order valence-corrected chi connectivity index (χ4v) is 3.72. The highest BCUT2D eigenvalue weighted by Crippen LogP contribution is 2.31. The molecule has 150 valence electrons. The van der Waals surface area contributed by atoms with Crippen molar-refractivity contribution in [2.75, 3.05) is 6.54 Å². The second-order valence-electron chi connectivity index (χ2n) is 7.28. The van der Waals surface area contributed by atoms with Gasteiger partial charge in [0.25, 0.3) is 0 Å². The molecule has 0 unspecified atom stereocenters. The number of hydrogen-bond acceptors (Lipinski definition) is 3. The lowest BCUT2D eigenvalue weighted by molar-refractivity contribution is 0.572. The van der Waals surface area contributed by atoms with Crippen LogP contribution in [0.1, 0.15) is 24.8 Å². The number of halogens is 1. The Kier molecular flexibility index (Phi) is 5.93. The van der Waals surface area contributed by atoms with E-state index >= 15 is 0 Å². The standard InChI is InChI=1S/C24H23BClN3O/c1-16-15-19(28-24(16)21(12-13-27)22-3-2-14-29(22)25)8-9-20-10-11-23(30-20)17-4-6-18(26)7-5-17/h2-11,14-15H,12-13,25,27H2,1H3/b9-8+,24-21-. The predicted octanol–water partition coefficient (Wildman–Crippen LogP) is 4.97. The van der Waals surface area contributed by atoms with Gasteiger partial charge in [0, 0.05) is 21.9 Å². The molecule has 4 rings (SSSR count). The SMILES string of the molecule is Bn1cccc1/C(CCN)=C1N=C(/C=C/c2ccc(-c3ccc(Cl)cc3)o2)C=C\1C. The molecule has 1 aromatic carbocycles. The molecule has 6 heteroatoms. The van der Waals surface area contributed by atoms with Gasteiger partial charge in [-0.15, -0.1) is 0 Å². The number of nitrogens with zero attached hydrogens (tertiary/aromatic N) is 2. The fraction of sp³-hybridized carbons (Fsp3) is 0.125. The summed E-state index contributed by atoms with van der Waals surface area (Å²) in [7, 11) is 2.04. The van der Waals surface area contributed by atoms with E-state index in [0.717, 1.165) is 46.2 Å². The average Bonchev–Trinajstić information content (AvgIpc) is 3.46. The number of aliphatic imine (C=N–C) groups is 1. The number of hydrogen-bond donors (Lipinski definition) is 1. The largest absolute Gasteiger partial charge is 0.457 e. The van der Waals surface area contributed by atoms with Gasteiger partial charge >= 0.3 is 0 Å². The van der Waals surface area contributed by atoms with Gasteiger partial charge < -0.3 is 14.6 Å². The summed E-state index contributed by atoms with van der Waals surface area (Å²) in [4.78, 5) is 4.87. The quantitative estimate of drug-likeness (QED) is 0.578. The second kappa shape index (κ2) is 8.78. The molecular weight excluding hydrogens is 393 g/mol. The molecule has 0 aliphatic carbocycles. The Morgan fingerprint density at radius 1 is 1.17 bits per heavy atom. The molecule has 0 atom stereocenters. The summed E-state index contributed by atoms with van der Waals surface area (Å²) >= 11 is 5.96. The lowest BCUT2D eigenvalue weighted by atomic mass is 10.0. The first-order valence-electron chi connectivity index (χ1n) is 9.91. The third kappa shape index (κ3) is 4.27. The number of aromatic nitrogens is 1. The Morgan fingerprint density at radius 3 is 2.67 bits per heavy atom. The first-order valence-corrected chi connectivity index (χ1v) is 10.3. The summed E-state index contributed by atoms with van der Waals surface area (Å²) in [6.45, 7) is 2.67. The molecule has 4 nitrogen and oxygen atoms in total. The van der Waals surface area contributed by atoms with Crippen LogP contribution >= 0.6 is 11.6 Å². The number of allylic oxidation sites excluding steroid dienone is 3. The predicted molar refractivity (Wildman–Crippen MR) is 128 cm³/mol. The Hall–Kier alpha value is -3.02. The normalized spacial score (nSPS) is 15.6. The van der Waals surface area contributed by atoms with Crippen molar-refractivity contribution in [3.05, 3.63) is 94.6 Å². The Bertz CT molecular complexity index is 1180. The maximum absolute atomic E-state index is 5.96. The van der Waals surface area contributed by atoms with Crippen molar-refractivity contribution in [3.63, 3.8) is 0 Å². The molecule has 0 bridgehead atoms. The van der Waals surface area contributed by atoms with Gasteiger partial charge in [-0.3, -0.25) is 0 Å². The summed E-state index contributed by atoms with van der Waals surface area (Å²) in [5.74, 6) is 1.58. The molecule has 2 aromatic heterocycles. The number of benzene rings is 1. The topological polar surface area (TPSA) is 56.5 Å². The highest BCUT2D eigenvalue weighted by Gasteiger charge is 2.17. The maximum atomic E-state index is 5.96. The fourth-order valence-electron chi connectivity index (χ4n) is 3.60. The van der Waals surface area contributed by atoms with E-state index in [9.17, 15) is 0 Å². The number of nitrogens with two attached hydrogens (primary N) is 1. The van der Waals surface area contributed by atoms with Gasteiger partial charge in [-0.05, 0) is 98.4 Å². The zero-order valence-corrected chi connectivity index (χ0v) is 17.9. The lowest BCUT2D eigenvalue weighted by Crippen LogP contribution is -2.05. The second-order valence-corrected chi connectivity index (χ2v) is 7.71. The summed E-state index contributed by atoms with van der Waals surface area (Å²) in [5.41, 5.74) is 12.2. The van der Waals surface area contributed by atoms with Crippen LogP contribution in [0.2, 0.25) is 5.02 Å². The Labute approximate surface area is 182 Å². The van der Waals surface area contributed by atoms with Crippen molar-refractivity contribution in [1.29, 1.82) is 0 Å². The molecule has 0 amide bonds. The summed E-state index contributed by atoms with van der Waals surface area (Å²) in [6, 6.07) is 15.7. The van der Waals surface area contributed by atoms with Crippen LogP contribution in [0.5, 0.6) is 0 Å². The molecular formula is C24H23BClN3O. The first-order chi connectivity index (χ1) is 14.5. The van der Waals surface area contributed by atoms with Crippen molar-refractivity contribution in [2.24, 2.45) is 10.7 Å². The van der Waals surface area contributed by atoms with Crippen molar-refractivity contribution >= 4 is 36.9 Å². The summed E-state index contributed by atoms with van der Waals surface area (Å²) in [5, 5.41) is 0.708. The highest BCUT2D eigenvalue weighted by molar-refractivity contribution is 6.30. The van der Waals surface area contributed by atoms with Crippen molar-refractivity contribution in [2.45, 2.75) is 13.3 Å². The van der Waals surface area contributed by atoms with Gasteiger partial charge in [-0.25, -0.2) is 4.99 Å². The monoisotopic (exact) mass is 415 g/mol. The molecule has 30 heavy (non-hydrogen) atoms. The minimum absolute atomic E-state index is 0.581. The molecule has 0 saturated heterocycles. The van der Waals surface area contributed by atoms with Crippen LogP contribution in [0, 0.1) is 0 Å². The van der Waals surface area contributed by atoms with Crippen molar-refractivity contribution in [3.8, 4) is 11.3 Å². The molecule has 0 saturated carbocycles. The zero-order chi connectivity index (χ0) is 21.1. The van der Waals surface area contributed by atoms with E-state index < -0.39 is 0 Å². The zero-order valence-electron chi connectivity index (χ0n) is 17.1. The van der Waals surface area contributed by atoms with Crippen LogP contribution in [0.4, 0.5) is 0 Å². The Morgan fingerprint density at radius 2 is 1.97 bits per heavy atom. The van der Waals surface area contributed by atoms with Crippen LogP contribution in [0.25, 0.3) is 23.0 Å². The Balaban J connectivity index is 1.59. The van der Waals surface area contributed by atoms with E-state index in [4.69, 9.17) is 26.7 Å². The molecule has 3 aromatic rings. The van der Waals surface area contributed by atoms with Crippen LogP contribution in [-0.4, -0.2) is 24.7 Å². The van der Waals surface area contributed by atoms with Gasteiger partial charge in [0.2, 0.25) is 7.98 Å². The summed E-state index contributed by atoms with van der Waals surface area (Å²) in [6.07, 6.45) is 8.83. The van der Waals surface area contributed by atoms with Gasteiger partial charge in [0.1, 0.15) is 11.5 Å². The molecule has 0 radical (unpaired) electrons. The van der Waals surface area contributed by atoms with Gasteiger partial charge in [-0.1, -0.05) is 11.6 Å².